The van der Waals surface area contributed by atoms with Gasteiger partial charge in [0.15, 0.2) is 0 Å². The number of benzene rings is 2. The lowest BCUT2D eigenvalue weighted by Gasteiger charge is -2.11. The molecule has 0 N–H and O–H groups in total. The molecule has 0 radical (unpaired) electrons. The zero-order chi connectivity index (χ0) is 21.2. The van der Waals surface area contributed by atoms with Crippen LogP contribution in [-0.4, -0.2) is 18.7 Å². The van der Waals surface area contributed by atoms with Crippen molar-refractivity contribution in [2.75, 3.05) is 0 Å². The van der Waals surface area contributed by atoms with Gasteiger partial charge in [0.25, 0.3) is 0 Å². The summed E-state index contributed by atoms with van der Waals surface area (Å²) in [5.41, 5.74) is 10.00. The van der Waals surface area contributed by atoms with E-state index in [0.29, 0.717) is 0 Å². The summed E-state index contributed by atoms with van der Waals surface area (Å²) in [6.07, 6.45) is 7.70. The second-order valence-electron chi connectivity index (χ2n) is 7.53. The highest BCUT2D eigenvalue weighted by molar-refractivity contribution is 7.00. The van der Waals surface area contributed by atoms with Gasteiger partial charge < -0.3 is 0 Å². The van der Waals surface area contributed by atoms with Crippen LogP contribution in [0.3, 0.4) is 0 Å². The third-order valence-corrected chi connectivity index (χ3v) is 5.75. The molecule has 0 aliphatic rings. The molecule has 0 aliphatic carbocycles. The Bertz CT molecular complexity index is 1370. The standard InChI is InChI=1S/C26H20N4S/c1-17-5-10-20(11-6-17)23-22(14-9-19-4-3-15-27-16-19)28-24(26-25(23)29-31-30-26)21-12-7-18(2)8-13-21/h3-16H,1-2H3. The molecule has 0 unspecified atom stereocenters. The summed E-state index contributed by atoms with van der Waals surface area (Å²) >= 11 is 1.23. The average molecular weight is 421 g/mol. The molecule has 2 aromatic carbocycles. The number of rotatable bonds is 4. The number of aromatic nitrogens is 4. The fraction of sp³-hybridized carbons (Fsp3) is 0.0769. The summed E-state index contributed by atoms with van der Waals surface area (Å²) in [6, 6.07) is 20.8. The molecule has 0 saturated carbocycles. The molecule has 3 heterocycles. The van der Waals surface area contributed by atoms with Crippen LogP contribution in [0.25, 0.3) is 45.6 Å². The zero-order valence-corrected chi connectivity index (χ0v) is 18.1. The number of hydrogen-bond acceptors (Lipinski definition) is 5. The second-order valence-corrected chi connectivity index (χ2v) is 8.06. The van der Waals surface area contributed by atoms with Crippen LogP contribution in [0.1, 0.15) is 22.4 Å². The molecule has 5 aromatic rings. The van der Waals surface area contributed by atoms with E-state index in [0.717, 1.165) is 44.7 Å². The summed E-state index contributed by atoms with van der Waals surface area (Å²) in [5, 5.41) is 0. The van der Waals surface area contributed by atoms with Crippen molar-refractivity contribution in [3.8, 4) is 22.4 Å². The maximum Gasteiger partial charge on any atom is 0.131 e. The summed E-state index contributed by atoms with van der Waals surface area (Å²) in [6.45, 7) is 4.17. The van der Waals surface area contributed by atoms with Crippen molar-refractivity contribution in [2.24, 2.45) is 0 Å². The summed E-state index contributed by atoms with van der Waals surface area (Å²) in [4.78, 5) is 9.29. The highest BCUT2D eigenvalue weighted by Gasteiger charge is 2.19. The Morgan fingerprint density at radius 1 is 0.742 bits per heavy atom. The quantitative estimate of drug-likeness (QED) is 0.328. The van der Waals surface area contributed by atoms with Crippen LogP contribution in [0, 0.1) is 13.8 Å². The lowest BCUT2D eigenvalue weighted by molar-refractivity contribution is 1.30. The molecule has 5 heteroatoms. The van der Waals surface area contributed by atoms with E-state index in [1.165, 1.54) is 22.9 Å². The molecule has 5 rings (SSSR count). The van der Waals surface area contributed by atoms with Gasteiger partial charge in [-0.2, -0.15) is 8.75 Å². The second kappa shape index (κ2) is 8.20. The maximum absolute atomic E-state index is 5.08. The average Bonchev–Trinajstić information content (AvgIpc) is 3.29. The molecule has 0 saturated heterocycles. The third kappa shape index (κ3) is 3.88. The Morgan fingerprint density at radius 3 is 2.10 bits per heavy atom. The minimum absolute atomic E-state index is 0.836. The Labute approximate surface area is 185 Å². The topological polar surface area (TPSA) is 51.6 Å². The minimum atomic E-state index is 0.836. The third-order valence-electron chi connectivity index (χ3n) is 5.22. The molecule has 0 atom stereocenters. The van der Waals surface area contributed by atoms with Gasteiger partial charge in [-0.15, -0.1) is 0 Å². The largest absolute Gasteiger partial charge is 0.264 e. The minimum Gasteiger partial charge on any atom is -0.264 e. The van der Waals surface area contributed by atoms with Gasteiger partial charge in [-0.3, -0.25) is 4.98 Å². The van der Waals surface area contributed by atoms with E-state index in [9.17, 15) is 0 Å². The van der Waals surface area contributed by atoms with Crippen molar-refractivity contribution in [3.05, 3.63) is 95.4 Å². The van der Waals surface area contributed by atoms with Crippen LogP contribution in [-0.2, 0) is 0 Å². The van der Waals surface area contributed by atoms with Crippen molar-refractivity contribution in [2.45, 2.75) is 13.8 Å². The van der Waals surface area contributed by atoms with Gasteiger partial charge in [0.2, 0.25) is 0 Å². The van der Waals surface area contributed by atoms with Crippen molar-refractivity contribution in [1.29, 1.82) is 0 Å². The van der Waals surface area contributed by atoms with Crippen LogP contribution < -0.4 is 0 Å². The Kier molecular flexibility index (Phi) is 5.10. The van der Waals surface area contributed by atoms with Crippen LogP contribution >= 0.6 is 11.7 Å². The fourth-order valence-electron chi connectivity index (χ4n) is 3.55. The summed E-state index contributed by atoms with van der Waals surface area (Å²) in [5.74, 6) is 0. The van der Waals surface area contributed by atoms with Crippen molar-refractivity contribution in [1.82, 2.24) is 18.7 Å². The first-order chi connectivity index (χ1) is 15.2. The van der Waals surface area contributed by atoms with E-state index in [1.54, 1.807) is 6.20 Å². The smallest absolute Gasteiger partial charge is 0.131 e. The highest BCUT2D eigenvalue weighted by Crippen LogP contribution is 2.36. The molecule has 0 aliphatic heterocycles. The molecule has 31 heavy (non-hydrogen) atoms. The van der Waals surface area contributed by atoms with E-state index < -0.39 is 0 Å². The molecule has 150 valence electrons. The van der Waals surface area contributed by atoms with Crippen LogP contribution in [0.2, 0.25) is 0 Å². The van der Waals surface area contributed by atoms with Crippen molar-refractivity contribution in [3.63, 3.8) is 0 Å². The molecular weight excluding hydrogens is 400 g/mol. The summed E-state index contributed by atoms with van der Waals surface area (Å²) < 4.78 is 9.30. The fourth-order valence-corrected chi connectivity index (χ4v) is 4.10. The number of nitrogens with zero attached hydrogens (tertiary/aromatic N) is 4. The lowest BCUT2D eigenvalue weighted by Crippen LogP contribution is -1.95. The van der Waals surface area contributed by atoms with Crippen LogP contribution in [0.15, 0.2) is 73.1 Å². The lowest BCUT2D eigenvalue weighted by atomic mass is 9.98. The monoisotopic (exact) mass is 420 g/mol. The first-order valence-corrected chi connectivity index (χ1v) is 10.8. The molecule has 3 aromatic heterocycles. The van der Waals surface area contributed by atoms with Crippen LogP contribution in [0.4, 0.5) is 0 Å². The number of pyridine rings is 2. The molecule has 0 fully saturated rings. The molecule has 0 bridgehead atoms. The molecular formula is C26H20N4S. The number of aryl methyl sites for hydroxylation is 2. The van der Waals surface area contributed by atoms with E-state index in [4.69, 9.17) is 4.98 Å². The van der Waals surface area contributed by atoms with Gasteiger partial charge >= 0.3 is 0 Å². The predicted molar refractivity (Wildman–Crippen MR) is 129 cm³/mol. The zero-order valence-electron chi connectivity index (χ0n) is 17.3. The molecule has 4 nitrogen and oxygen atoms in total. The van der Waals surface area contributed by atoms with Crippen molar-refractivity contribution < 1.29 is 0 Å². The molecule has 0 amide bonds. The van der Waals surface area contributed by atoms with E-state index in [-0.39, 0.29) is 0 Å². The van der Waals surface area contributed by atoms with E-state index in [2.05, 4.69) is 76.1 Å². The van der Waals surface area contributed by atoms with Gasteiger partial charge in [-0.1, -0.05) is 71.8 Å². The maximum atomic E-state index is 5.08. The van der Waals surface area contributed by atoms with Gasteiger partial charge in [-0.25, -0.2) is 4.98 Å². The normalized spacial score (nSPS) is 11.4. The van der Waals surface area contributed by atoms with Gasteiger partial charge in [0.1, 0.15) is 11.0 Å². The number of hydrogen-bond donors (Lipinski definition) is 0. The summed E-state index contributed by atoms with van der Waals surface area (Å²) in [7, 11) is 0. The van der Waals surface area contributed by atoms with E-state index >= 15 is 0 Å². The van der Waals surface area contributed by atoms with Crippen LogP contribution in [0.5, 0.6) is 0 Å². The number of fused-ring (bicyclic) bond motifs is 1. The van der Waals surface area contributed by atoms with Gasteiger partial charge in [0.05, 0.1) is 23.1 Å². The Morgan fingerprint density at radius 2 is 1.42 bits per heavy atom. The SMILES string of the molecule is Cc1ccc(-c2nc(C=Cc3cccnc3)c(-c3ccc(C)cc3)c3nsnc23)cc1. The van der Waals surface area contributed by atoms with Gasteiger partial charge in [0, 0.05) is 23.5 Å². The van der Waals surface area contributed by atoms with Gasteiger partial charge in [-0.05, 0) is 37.1 Å². The highest BCUT2D eigenvalue weighted by atomic mass is 32.1. The predicted octanol–water partition coefficient (Wildman–Crippen LogP) is 6.60. The molecule has 0 spiro atoms. The van der Waals surface area contributed by atoms with Crippen molar-refractivity contribution >= 4 is 34.9 Å². The first kappa shape index (κ1) is 19.3. The van der Waals surface area contributed by atoms with E-state index in [1.807, 2.05) is 30.5 Å². The Balaban J connectivity index is 1.76. The first-order valence-electron chi connectivity index (χ1n) is 10.1. The Hall–Kier alpha value is -3.70.